The lowest BCUT2D eigenvalue weighted by Crippen LogP contribution is -1.92. The zero-order chi connectivity index (χ0) is 9.30. The highest BCUT2D eigenvalue weighted by atomic mass is 79.9. The number of hydrogen-bond acceptors (Lipinski definition) is 1. The van der Waals surface area contributed by atoms with Gasteiger partial charge in [-0.1, -0.05) is 11.6 Å². The molecule has 0 bridgehead atoms. The highest BCUT2D eigenvalue weighted by Gasteiger charge is 2.12. The van der Waals surface area contributed by atoms with E-state index in [9.17, 15) is 4.39 Å². The molecule has 1 aromatic rings. The fourth-order valence-corrected chi connectivity index (χ4v) is 2.02. The number of halogens is 3. The Balaban J connectivity index is 3.40. The smallest absolute Gasteiger partial charge is 0.148 e. The van der Waals surface area contributed by atoms with Crippen LogP contribution in [0.2, 0.25) is 5.02 Å². The van der Waals surface area contributed by atoms with Gasteiger partial charge in [0.1, 0.15) is 11.6 Å². The summed E-state index contributed by atoms with van der Waals surface area (Å²) in [6.45, 7) is 1.62. The molecule has 0 aliphatic carbocycles. The minimum Gasteiger partial charge on any atom is -0.495 e. The van der Waals surface area contributed by atoms with Crippen molar-refractivity contribution in [2.45, 2.75) is 6.92 Å². The van der Waals surface area contributed by atoms with Gasteiger partial charge in [-0.15, -0.1) is 0 Å². The number of benzene rings is 1. The second kappa shape index (κ2) is 3.62. The largest absolute Gasteiger partial charge is 0.495 e. The number of rotatable bonds is 1. The third-order valence-electron chi connectivity index (χ3n) is 1.55. The first-order valence-corrected chi connectivity index (χ1v) is 4.43. The van der Waals surface area contributed by atoms with Crippen molar-refractivity contribution in [2.24, 2.45) is 0 Å². The molecule has 0 fully saturated rings. The molecule has 0 saturated heterocycles. The molecule has 0 unspecified atom stereocenters. The quantitative estimate of drug-likeness (QED) is 0.695. The van der Waals surface area contributed by atoms with E-state index < -0.39 is 5.82 Å². The van der Waals surface area contributed by atoms with Crippen LogP contribution in [-0.2, 0) is 0 Å². The molecule has 66 valence electrons. The van der Waals surface area contributed by atoms with Gasteiger partial charge in [-0.2, -0.15) is 0 Å². The summed E-state index contributed by atoms with van der Waals surface area (Å²) in [5.74, 6) is 0.0496. The molecule has 0 saturated carbocycles. The maximum atomic E-state index is 13.1. The van der Waals surface area contributed by atoms with E-state index in [-0.39, 0.29) is 5.02 Å². The van der Waals surface area contributed by atoms with E-state index in [4.69, 9.17) is 16.3 Å². The molecular weight excluding hydrogens is 246 g/mol. The van der Waals surface area contributed by atoms with E-state index in [0.717, 1.165) is 0 Å². The number of ether oxygens (including phenoxy) is 1. The van der Waals surface area contributed by atoms with Gasteiger partial charge in [-0.3, -0.25) is 0 Å². The first-order valence-electron chi connectivity index (χ1n) is 3.26. The van der Waals surface area contributed by atoms with Crippen LogP contribution in [0, 0.1) is 12.7 Å². The summed E-state index contributed by atoms with van der Waals surface area (Å²) in [6.07, 6.45) is 0. The highest BCUT2D eigenvalue weighted by molar-refractivity contribution is 9.10. The Bertz CT molecular complexity index is 314. The third-order valence-corrected chi connectivity index (χ3v) is 2.42. The Labute approximate surface area is 83.6 Å². The summed E-state index contributed by atoms with van der Waals surface area (Å²) in [4.78, 5) is 0. The van der Waals surface area contributed by atoms with Crippen LogP contribution in [0.1, 0.15) is 5.56 Å². The minimum atomic E-state index is -0.434. The summed E-state index contributed by atoms with van der Waals surface area (Å²) in [5.41, 5.74) is 0.414. The molecule has 0 aliphatic rings. The van der Waals surface area contributed by atoms with E-state index in [1.807, 2.05) is 0 Å². The van der Waals surface area contributed by atoms with Gasteiger partial charge >= 0.3 is 0 Å². The molecule has 0 radical (unpaired) electrons. The molecule has 0 aromatic heterocycles. The summed E-state index contributed by atoms with van der Waals surface area (Å²) in [6, 6.07) is 1.47. The predicted octanol–water partition coefficient (Wildman–Crippen LogP) is 3.56. The Morgan fingerprint density at radius 3 is 2.67 bits per heavy atom. The van der Waals surface area contributed by atoms with E-state index in [0.29, 0.717) is 15.8 Å². The Kier molecular flexibility index (Phi) is 2.96. The molecule has 0 heterocycles. The van der Waals surface area contributed by atoms with Crippen LogP contribution in [0.5, 0.6) is 5.75 Å². The second-order valence-electron chi connectivity index (χ2n) is 2.31. The number of hydrogen-bond donors (Lipinski definition) is 0. The standard InChI is InChI=1S/C8H7BrClFO/c1-4-7(11)6(10)3-5(9)8(4)12-2/h3H,1-2H3. The second-order valence-corrected chi connectivity index (χ2v) is 3.57. The summed E-state index contributed by atoms with van der Waals surface area (Å²) in [7, 11) is 1.49. The molecular formula is C8H7BrClFO. The van der Waals surface area contributed by atoms with Crippen molar-refractivity contribution < 1.29 is 9.13 Å². The third kappa shape index (κ3) is 1.57. The van der Waals surface area contributed by atoms with Gasteiger partial charge in [0.25, 0.3) is 0 Å². The topological polar surface area (TPSA) is 9.23 Å². The van der Waals surface area contributed by atoms with Gasteiger partial charge < -0.3 is 4.74 Å². The molecule has 1 aromatic carbocycles. The summed E-state index contributed by atoms with van der Waals surface area (Å²) >= 11 is 8.80. The monoisotopic (exact) mass is 252 g/mol. The highest BCUT2D eigenvalue weighted by Crippen LogP contribution is 2.34. The van der Waals surface area contributed by atoms with Crippen LogP contribution in [0.15, 0.2) is 10.5 Å². The van der Waals surface area contributed by atoms with Crippen molar-refractivity contribution in [1.29, 1.82) is 0 Å². The lowest BCUT2D eigenvalue weighted by molar-refractivity contribution is 0.404. The van der Waals surface area contributed by atoms with Crippen LogP contribution < -0.4 is 4.74 Å². The van der Waals surface area contributed by atoms with Crippen molar-refractivity contribution in [3.05, 3.63) is 26.9 Å². The Hall–Kier alpha value is -0.280. The fraction of sp³-hybridized carbons (Fsp3) is 0.250. The normalized spacial score (nSPS) is 10.1. The maximum absolute atomic E-state index is 13.1. The van der Waals surface area contributed by atoms with E-state index in [2.05, 4.69) is 15.9 Å². The van der Waals surface area contributed by atoms with Gasteiger partial charge in [0.2, 0.25) is 0 Å². The predicted molar refractivity (Wildman–Crippen MR) is 50.4 cm³/mol. The van der Waals surface area contributed by atoms with Crippen LogP contribution >= 0.6 is 27.5 Å². The van der Waals surface area contributed by atoms with Gasteiger partial charge in [0, 0.05) is 5.56 Å². The van der Waals surface area contributed by atoms with Crippen LogP contribution in [0.3, 0.4) is 0 Å². The van der Waals surface area contributed by atoms with Crippen LogP contribution in [0.4, 0.5) is 4.39 Å². The van der Waals surface area contributed by atoms with Gasteiger partial charge in [-0.05, 0) is 28.9 Å². The van der Waals surface area contributed by atoms with Crippen molar-refractivity contribution >= 4 is 27.5 Å². The maximum Gasteiger partial charge on any atom is 0.148 e. The zero-order valence-electron chi connectivity index (χ0n) is 6.62. The molecule has 0 spiro atoms. The lowest BCUT2D eigenvalue weighted by Gasteiger charge is -2.08. The molecule has 1 nitrogen and oxygen atoms in total. The molecule has 0 atom stereocenters. The van der Waals surface area contributed by atoms with E-state index in [1.165, 1.54) is 13.2 Å². The fourth-order valence-electron chi connectivity index (χ4n) is 0.949. The minimum absolute atomic E-state index is 0.0974. The van der Waals surface area contributed by atoms with Crippen LogP contribution in [0.25, 0.3) is 0 Å². The molecule has 0 amide bonds. The Morgan fingerprint density at radius 1 is 1.58 bits per heavy atom. The Morgan fingerprint density at radius 2 is 2.17 bits per heavy atom. The van der Waals surface area contributed by atoms with Crippen LogP contribution in [-0.4, -0.2) is 7.11 Å². The molecule has 0 aliphatic heterocycles. The average Bonchev–Trinajstić information content (AvgIpc) is 2.01. The average molecular weight is 253 g/mol. The molecule has 12 heavy (non-hydrogen) atoms. The first kappa shape index (κ1) is 9.81. The molecule has 1 rings (SSSR count). The van der Waals surface area contributed by atoms with Gasteiger partial charge in [0.15, 0.2) is 0 Å². The van der Waals surface area contributed by atoms with Gasteiger partial charge in [-0.25, -0.2) is 4.39 Å². The van der Waals surface area contributed by atoms with Crippen molar-refractivity contribution in [3.63, 3.8) is 0 Å². The lowest BCUT2D eigenvalue weighted by atomic mass is 10.2. The van der Waals surface area contributed by atoms with E-state index >= 15 is 0 Å². The molecule has 0 N–H and O–H groups in total. The summed E-state index contributed by atoms with van der Waals surface area (Å²) < 4.78 is 18.8. The summed E-state index contributed by atoms with van der Waals surface area (Å²) in [5, 5.41) is 0.0974. The van der Waals surface area contributed by atoms with Crippen molar-refractivity contribution in [2.75, 3.05) is 7.11 Å². The van der Waals surface area contributed by atoms with E-state index in [1.54, 1.807) is 6.92 Å². The first-order chi connectivity index (χ1) is 5.57. The molecule has 4 heteroatoms. The SMILES string of the molecule is COc1c(Br)cc(Cl)c(F)c1C. The van der Waals surface area contributed by atoms with Gasteiger partial charge in [0.05, 0.1) is 16.6 Å². The van der Waals surface area contributed by atoms with Crippen molar-refractivity contribution in [3.8, 4) is 5.75 Å². The van der Waals surface area contributed by atoms with Crippen molar-refractivity contribution in [1.82, 2.24) is 0 Å². The number of methoxy groups -OCH3 is 1. The zero-order valence-corrected chi connectivity index (χ0v) is 8.96.